The fraction of sp³-hybridized carbons (Fsp3) is 0. The number of nitrogens with one attached hydrogen (secondary N) is 2. The number of benzene rings is 3. The molecular formula is C24H17ClN2O3. The van der Waals surface area contributed by atoms with Gasteiger partial charge in [0.05, 0.1) is 17.0 Å². The third-order valence-corrected chi connectivity index (χ3v) is 4.79. The number of amides is 2. The van der Waals surface area contributed by atoms with Crippen LogP contribution in [0.2, 0.25) is 5.02 Å². The standard InChI is InChI=1S/C24H17ClN2O3/c25-20-15-17(12-13-21(20)27-24(29)22-11-6-14-30-22)26-23(28)19-10-5-4-9-18(19)16-7-2-1-3-8-16/h1-15H,(H,26,28)(H,27,29). The average Bonchev–Trinajstić information content (AvgIpc) is 3.31. The molecule has 0 spiro atoms. The molecule has 2 amide bonds. The van der Waals surface area contributed by atoms with Gasteiger partial charge in [-0.25, -0.2) is 0 Å². The van der Waals surface area contributed by atoms with Gasteiger partial charge >= 0.3 is 0 Å². The monoisotopic (exact) mass is 416 g/mol. The topological polar surface area (TPSA) is 71.3 Å². The number of carbonyl (C=O) groups is 2. The van der Waals surface area contributed by atoms with Crippen LogP contribution in [0.4, 0.5) is 11.4 Å². The molecule has 0 unspecified atom stereocenters. The minimum Gasteiger partial charge on any atom is -0.459 e. The number of furan rings is 1. The van der Waals surface area contributed by atoms with Crippen LogP contribution < -0.4 is 10.6 Å². The molecule has 0 saturated heterocycles. The van der Waals surface area contributed by atoms with Gasteiger partial charge in [-0.1, -0.05) is 60.1 Å². The number of hydrogen-bond donors (Lipinski definition) is 2. The summed E-state index contributed by atoms with van der Waals surface area (Å²) < 4.78 is 5.07. The minimum atomic E-state index is -0.407. The van der Waals surface area contributed by atoms with Crippen LogP contribution in [-0.2, 0) is 0 Å². The molecule has 0 aliphatic heterocycles. The molecule has 2 N–H and O–H groups in total. The smallest absolute Gasteiger partial charge is 0.291 e. The molecule has 148 valence electrons. The summed E-state index contributed by atoms with van der Waals surface area (Å²) in [5, 5.41) is 5.84. The Balaban J connectivity index is 1.52. The van der Waals surface area contributed by atoms with E-state index >= 15 is 0 Å². The maximum atomic E-state index is 12.9. The Morgan fingerprint density at radius 3 is 2.27 bits per heavy atom. The molecule has 6 heteroatoms. The van der Waals surface area contributed by atoms with Crippen LogP contribution in [0, 0.1) is 0 Å². The van der Waals surface area contributed by atoms with Gasteiger partial charge in [0, 0.05) is 11.3 Å². The van der Waals surface area contributed by atoms with Crippen molar-refractivity contribution in [1.29, 1.82) is 0 Å². The second-order valence-electron chi connectivity index (χ2n) is 6.49. The van der Waals surface area contributed by atoms with Crippen LogP contribution in [-0.4, -0.2) is 11.8 Å². The Morgan fingerprint density at radius 1 is 0.767 bits per heavy atom. The first kappa shape index (κ1) is 19.5. The van der Waals surface area contributed by atoms with Gasteiger partial charge in [-0.3, -0.25) is 9.59 Å². The van der Waals surface area contributed by atoms with E-state index in [4.69, 9.17) is 16.0 Å². The van der Waals surface area contributed by atoms with E-state index in [2.05, 4.69) is 10.6 Å². The van der Waals surface area contributed by atoms with Crippen LogP contribution in [0.5, 0.6) is 0 Å². The van der Waals surface area contributed by atoms with Gasteiger partial charge in [-0.05, 0) is 47.5 Å². The summed E-state index contributed by atoms with van der Waals surface area (Å²) in [5.74, 6) is -0.477. The predicted molar refractivity (Wildman–Crippen MR) is 118 cm³/mol. The first-order chi connectivity index (χ1) is 14.6. The van der Waals surface area contributed by atoms with Crippen molar-refractivity contribution in [3.05, 3.63) is 108 Å². The van der Waals surface area contributed by atoms with Crippen LogP contribution in [0.3, 0.4) is 0 Å². The van der Waals surface area contributed by atoms with E-state index in [1.54, 1.807) is 36.4 Å². The molecule has 4 rings (SSSR count). The van der Waals surface area contributed by atoms with Crippen molar-refractivity contribution in [1.82, 2.24) is 0 Å². The van der Waals surface area contributed by atoms with E-state index in [0.29, 0.717) is 22.0 Å². The summed E-state index contributed by atoms with van der Waals surface area (Å²) in [6.45, 7) is 0. The van der Waals surface area contributed by atoms with Crippen molar-refractivity contribution < 1.29 is 14.0 Å². The van der Waals surface area contributed by atoms with Gasteiger partial charge in [0.2, 0.25) is 0 Å². The van der Waals surface area contributed by atoms with Crippen molar-refractivity contribution in [2.45, 2.75) is 0 Å². The molecule has 0 fully saturated rings. The zero-order chi connectivity index (χ0) is 20.9. The van der Waals surface area contributed by atoms with Gasteiger partial charge in [0.1, 0.15) is 0 Å². The van der Waals surface area contributed by atoms with Gasteiger partial charge < -0.3 is 15.1 Å². The number of carbonyl (C=O) groups excluding carboxylic acids is 2. The molecule has 0 atom stereocenters. The summed E-state index contributed by atoms with van der Waals surface area (Å²) in [4.78, 5) is 25.0. The van der Waals surface area contributed by atoms with Crippen LogP contribution in [0.1, 0.15) is 20.9 Å². The number of rotatable bonds is 5. The van der Waals surface area contributed by atoms with E-state index in [1.807, 2.05) is 48.5 Å². The largest absolute Gasteiger partial charge is 0.459 e. The molecule has 0 radical (unpaired) electrons. The molecule has 30 heavy (non-hydrogen) atoms. The Labute approximate surface area is 178 Å². The molecule has 0 aliphatic rings. The molecule has 4 aromatic rings. The molecule has 3 aromatic carbocycles. The lowest BCUT2D eigenvalue weighted by molar-refractivity contribution is 0.0994. The third kappa shape index (κ3) is 4.26. The predicted octanol–water partition coefficient (Wildman–Crippen LogP) is 6.10. The Bertz CT molecular complexity index is 1190. The maximum Gasteiger partial charge on any atom is 0.291 e. The molecule has 0 bridgehead atoms. The first-order valence-corrected chi connectivity index (χ1v) is 9.60. The Morgan fingerprint density at radius 2 is 1.53 bits per heavy atom. The zero-order valence-electron chi connectivity index (χ0n) is 15.8. The normalized spacial score (nSPS) is 10.4. The quantitative estimate of drug-likeness (QED) is 0.412. The molecule has 0 saturated carbocycles. The molecule has 1 heterocycles. The molecule has 0 aliphatic carbocycles. The van der Waals surface area contributed by atoms with Crippen molar-refractivity contribution >= 4 is 34.8 Å². The minimum absolute atomic E-state index is 0.181. The van der Waals surface area contributed by atoms with Crippen molar-refractivity contribution in [2.75, 3.05) is 10.6 Å². The highest BCUT2D eigenvalue weighted by Crippen LogP contribution is 2.28. The van der Waals surface area contributed by atoms with Gasteiger partial charge in [-0.15, -0.1) is 0 Å². The van der Waals surface area contributed by atoms with E-state index in [0.717, 1.165) is 11.1 Å². The molecule has 1 aromatic heterocycles. The zero-order valence-corrected chi connectivity index (χ0v) is 16.5. The lowest BCUT2D eigenvalue weighted by Crippen LogP contribution is -2.14. The second-order valence-corrected chi connectivity index (χ2v) is 6.90. The Kier molecular flexibility index (Phi) is 5.63. The van der Waals surface area contributed by atoms with E-state index < -0.39 is 5.91 Å². The number of halogens is 1. The van der Waals surface area contributed by atoms with Crippen molar-refractivity contribution in [3.63, 3.8) is 0 Å². The fourth-order valence-electron chi connectivity index (χ4n) is 3.03. The van der Waals surface area contributed by atoms with E-state index in [9.17, 15) is 9.59 Å². The summed E-state index contributed by atoms with van der Waals surface area (Å²) in [6.07, 6.45) is 1.42. The lowest BCUT2D eigenvalue weighted by atomic mass is 9.99. The third-order valence-electron chi connectivity index (χ3n) is 4.48. The summed E-state index contributed by atoms with van der Waals surface area (Å²) in [7, 11) is 0. The van der Waals surface area contributed by atoms with Crippen molar-refractivity contribution in [3.8, 4) is 11.1 Å². The van der Waals surface area contributed by atoms with Crippen molar-refractivity contribution in [2.24, 2.45) is 0 Å². The summed E-state index contributed by atoms with van der Waals surface area (Å²) in [6, 6.07) is 25.2. The summed E-state index contributed by atoms with van der Waals surface area (Å²) >= 11 is 6.29. The highest BCUT2D eigenvalue weighted by molar-refractivity contribution is 6.34. The average molecular weight is 417 g/mol. The summed E-state index contributed by atoms with van der Waals surface area (Å²) in [5.41, 5.74) is 3.28. The lowest BCUT2D eigenvalue weighted by Gasteiger charge is -2.12. The van der Waals surface area contributed by atoms with E-state index in [1.165, 1.54) is 6.26 Å². The molecular weight excluding hydrogens is 400 g/mol. The second kappa shape index (κ2) is 8.68. The van der Waals surface area contributed by atoms with Gasteiger partial charge in [0.25, 0.3) is 11.8 Å². The van der Waals surface area contributed by atoms with E-state index in [-0.39, 0.29) is 11.7 Å². The highest BCUT2D eigenvalue weighted by Gasteiger charge is 2.14. The van der Waals surface area contributed by atoms with Crippen LogP contribution in [0.25, 0.3) is 11.1 Å². The SMILES string of the molecule is O=C(Nc1ccc(NC(=O)c2ccccc2-c2ccccc2)cc1Cl)c1ccco1. The number of hydrogen-bond acceptors (Lipinski definition) is 3. The first-order valence-electron chi connectivity index (χ1n) is 9.22. The number of anilines is 2. The molecule has 5 nitrogen and oxygen atoms in total. The van der Waals surface area contributed by atoms with Crippen LogP contribution in [0.15, 0.2) is 95.6 Å². The highest BCUT2D eigenvalue weighted by atomic mass is 35.5. The Hall–Kier alpha value is -3.83. The van der Waals surface area contributed by atoms with Gasteiger partial charge in [-0.2, -0.15) is 0 Å². The fourth-order valence-corrected chi connectivity index (χ4v) is 3.26. The van der Waals surface area contributed by atoms with Crippen LogP contribution >= 0.6 is 11.6 Å². The van der Waals surface area contributed by atoms with Gasteiger partial charge in [0.15, 0.2) is 5.76 Å². The maximum absolute atomic E-state index is 12.9.